The molecule has 3 atom stereocenters. The predicted molar refractivity (Wildman–Crippen MR) is 160 cm³/mol. The number of aliphatic hydroxyl groups is 1. The Morgan fingerprint density at radius 2 is 0.857 bits per heavy atom. The lowest BCUT2D eigenvalue weighted by molar-refractivity contribution is -0.155. The standard InChI is InChI=1S/C30H29N3O16/c34-10-16(31-25(41)13-4-1-7-19(35)22(13)38)29(46)49-12-18(33-27(43)15-6-3-9-21(37)24(15)40)30(47)48-11-17(28(44)45)32-26(42)14-5-2-8-20(36)23(14)39/h1-9,16-18,34-40H,10-12H2,(H,31,41)(H,32,42)(H,33,43)(H,44,45)/t16-,17-,18-/m0/s1. The number of carboxylic acids is 1. The number of esters is 2. The Bertz CT molecular complexity index is 1760. The number of carbonyl (C=O) groups is 6. The summed E-state index contributed by atoms with van der Waals surface area (Å²) >= 11 is 0. The fraction of sp³-hybridized carbons (Fsp3) is 0.200. The number of carbonyl (C=O) groups excluding carboxylic acids is 5. The summed E-state index contributed by atoms with van der Waals surface area (Å²) in [4.78, 5) is 75.5. The van der Waals surface area contributed by atoms with Gasteiger partial charge in [0.2, 0.25) is 0 Å². The molecule has 0 aromatic heterocycles. The number of amides is 3. The smallest absolute Gasteiger partial charge is 0.332 e. The zero-order chi connectivity index (χ0) is 36.4. The van der Waals surface area contributed by atoms with Gasteiger partial charge in [0, 0.05) is 0 Å². The molecule has 0 aliphatic heterocycles. The van der Waals surface area contributed by atoms with Gasteiger partial charge in [-0.3, -0.25) is 14.4 Å². The molecule has 0 aliphatic carbocycles. The van der Waals surface area contributed by atoms with Gasteiger partial charge in [0.1, 0.15) is 13.2 Å². The minimum Gasteiger partial charge on any atom is -0.504 e. The van der Waals surface area contributed by atoms with E-state index < -0.39 is 125 Å². The highest BCUT2D eigenvalue weighted by Gasteiger charge is 2.31. The molecular weight excluding hydrogens is 658 g/mol. The van der Waals surface area contributed by atoms with Crippen LogP contribution >= 0.6 is 0 Å². The first-order valence-corrected chi connectivity index (χ1v) is 13.8. The van der Waals surface area contributed by atoms with Crippen LogP contribution in [0.3, 0.4) is 0 Å². The summed E-state index contributed by atoms with van der Waals surface area (Å²) in [6, 6.07) is 4.13. The molecule has 3 aromatic carbocycles. The quantitative estimate of drug-likeness (QED) is 0.0699. The maximum absolute atomic E-state index is 13.0. The second-order valence-electron chi connectivity index (χ2n) is 9.88. The van der Waals surface area contributed by atoms with E-state index in [1.165, 1.54) is 18.2 Å². The number of aromatic hydroxyl groups is 6. The van der Waals surface area contributed by atoms with Crippen molar-refractivity contribution in [3.05, 3.63) is 71.3 Å². The lowest BCUT2D eigenvalue weighted by Gasteiger charge is -2.21. The van der Waals surface area contributed by atoms with Crippen molar-refractivity contribution in [3.63, 3.8) is 0 Å². The molecule has 49 heavy (non-hydrogen) atoms. The number of aliphatic hydroxyl groups excluding tert-OH is 1. The second kappa shape index (κ2) is 16.2. The average Bonchev–Trinajstić information content (AvgIpc) is 3.06. The van der Waals surface area contributed by atoms with Crippen LogP contribution in [0.1, 0.15) is 31.1 Å². The maximum Gasteiger partial charge on any atom is 0.332 e. The Morgan fingerprint density at radius 1 is 0.531 bits per heavy atom. The molecule has 0 unspecified atom stereocenters. The van der Waals surface area contributed by atoms with Crippen LogP contribution in [0, 0.1) is 0 Å². The van der Waals surface area contributed by atoms with Crippen LogP contribution < -0.4 is 16.0 Å². The molecule has 0 fully saturated rings. The zero-order valence-corrected chi connectivity index (χ0v) is 24.9. The molecular formula is C30H29N3O16. The van der Waals surface area contributed by atoms with E-state index in [1.54, 1.807) is 0 Å². The van der Waals surface area contributed by atoms with Crippen molar-refractivity contribution in [1.82, 2.24) is 16.0 Å². The summed E-state index contributed by atoms with van der Waals surface area (Å²) in [7, 11) is 0. The van der Waals surface area contributed by atoms with Crippen LogP contribution in [-0.2, 0) is 23.9 Å². The number of hydrogen-bond acceptors (Lipinski definition) is 15. The predicted octanol–water partition coefficient (Wildman–Crippen LogP) is -1.22. The van der Waals surface area contributed by atoms with Crippen LogP contribution in [0.4, 0.5) is 0 Å². The fourth-order valence-corrected chi connectivity index (χ4v) is 3.91. The van der Waals surface area contributed by atoms with Gasteiger partial charge in [0.15, 0.2) is 52.6 Å². The number of para-hydroxylation sites is 3. The van der Waals surface area contributed by atoms with Crippen molar-refractivity contribution < 1.29 is 79.1 Å². The third-order valence-electron chi connectivity index (χ3n) is 6.53. The molecule has 0 aliphatic rings. The number of benzene rings is 3. The number of nitrogens with one attached hydrogen (secondary N) is 3. The first-order valence-electron chi connectivity index (χ1n) is 13.8. The summed E-state index contributed by atoms with van der Waals surface area (Å²) in [5.74, 6) is -12.8. The number of rotatable bonds is 14. The minimum atomic E-state index is -1.98. The van der Waals surface area contributed by atoms with E-state index in [4.69, 9.17) is 9.47 Å². The summed E-state index contributed by atoms with van der Waals surface area (Å²) < 4.78 is 9.91. The van der Waals surface area contributed by atoms with Gasteiger partial charge in [-0.05, 0) is 36.4 Å². The number of carboxylic acid groups (broad SMARTS) is 1. The largest absolute Gasteiger partial charge is 0.504 e. The second-order valence-corrected chi connectivity index (χ2v) is 9.88. The Balaban J connectivity index is 1.76. The topological polar surface area (TPSA) is 319 Å². The Morgan fingerprint density at radius 3 is 1.22 bits per heavy atom. The van der Waals surface area contributed by atoms with Crippen LogP contribution in [-0.4, -0.2) is 114 Å². The van der Waals surface area contributed by atoms with Crippen molar-refractivity contribution in [2.75, 3.05) is 19.8 Å². The Kier molecular flexibility index (Phi) is 12.1. The number of ether oxygens (including phenoxy) is 2. The van der Waals surface area contributed by atoms with Crippen LogP contribution in [0.25, 0.3) is 0 Å². The molecule has 260 valence electrons. The first kappa shape index (κ1) is 36.7. The van der Waals surface area contributed by atoms with E-state index in [-0.39, 0.29) is 0 Å². The maximum atomic E-state index is 13.0. The molecule has 0 radical (unpaired) electrons. The third-order valence-corrected chi connectivity index (χ3v) is 6.53. The van der Waals surface area contributed by atoms with E-state index in [1.807, 2.05) is 10.6 Å². The van der Waals surface area contributed by atoms with Gasteiger partial charge in [0.05, 0.1) is 23.3 Å². The van der Waals surface area contributed by atoms with E-state index in [9.17, 15) is 69.6 Å². The van der Waals surface area contributed by atoms with Gasteiger partial charge in [-0.1, -0.05) is 18.2 Å². The van der Waals surface area contributed by atoms with Crippen LogP contribution in [0.15, 0.2) is 54.6 Å². The Labute approximate surface area is 274 Å². The normalized spacial score (nSPS) is 12.4. The van der Waals surface area contributed by atoms with Crippen molar-refractivity contribution in [1.29, 1.82) is 0 Å². The zero-order valence-electron chi connectivity index (χ0n) is 24.9. The molecule has 3 aromatic rings. The molecule has 3 amide bonds. The van der Waals surface area contributed by atoms with Gasteiger partial charge in [-0.2, -0.15) is 0 Å². The minimum absolute atomic E-state index is 0.481. The molecule has 0 bridgehead atoms. The van der Waals surface area contributed by atoms with Gasteiger partial charge < -0.3 is 66.3 Å². The lowest BCUT2D eigenvalue weighted by atomic mass is 10.1. The monoisotopic (exact) mass is 687 g/mol. The molecule has 19 nitrogen and oxygen atoms in total. The van der Waals surface area contributed by atoms with Gasteiger partial charge in [-0.25, -0.2) is 14.4 Å². The molecule has 11 N–H and O–H groups in total. The van der Waals surface area contributed by atoms with E-state index in [0.29, 0.717) is 0 Å². The van der Waals surface area contributed by atoms with E-state index in [2.05, 4.69) is 5.32 Å². The number of aliphatic carboxylic acids is 1. The molecule has 0 spiro atoms. The van der Waals surface area contributed by atoms with Crippen LogP contribution in [0.5, 0.6) is 34.5 Å². The molecule has 19 heteroatoms. The first-order chi connectivity index (χ1) is 23.2. The average molecular weight is 688 g/mol. The molecule has 0 heterocycles. The summed E-state index contributed by atoms with van der Waals surface area (Å²) in [5, 5.41) is 84.1. The van der Waals surface area contributed by atoms with E-state index in [0.717, 1.165) is 36.4 Å². The summed E-state index contributed by atoms with van der Waals surface area (Å²) in [6.45, 7) is -3.26. The van der Waals surface area contributed by atoms with E-state index >= 15 is 0 Å². The molecule has 0 saturated heterocycles. The van der Waals surface area contributed by atoms with Gasteiger partial charge in [0.25, 0.3) is 17.7 Å². The van der Waals surface area contributed by atoms with Crippen molar-refractivity contribution >= 4 is 35.6 Å². The highest BCUT2D eigenvalue weighted by atomic mass is 16.6. The third kappa shape index (κ3) is 9.16. The highest BCUT2D eigenvalue weighted by Crippen LogP contribution is 2.30. The molecule has 3 rings (SSSR count). The Hall–Kier alpha value is -6.76. The summed E-state index contributed by atoms with van der Waals surface area (Å²) in [6.07, 6.45) is 0. The fourth-order valence-electron chi connectivity index (χ4n) is 3.91. The number of phenols is 6. The van der Waals surface area contributed by atoms with Crippen molar-refractivity contribution in [3.8, 4) is 34.5 Å². The highest BCUT2D eigenvalue weighted by molar-refractivity contribution is 6.01. The number of phenolic OH excluding ortho intramolecular Hbond substituents is 6. The van der Waals surface area contributed by atoms with Crippen molar-refractivity contribution in [2.24, 2.45) is 0 Å². The number of hydrogen-bond donors (Lipinski definition) is 11. The van der Waals surface area contributed by atoms with Gasteiger partial charge in [-0.15, -0.1) is 0 Å². The SMILES string of the molecule is O=C(N[C@@H](COC(=O)[C@H](COC(=O)[C@H](CO)NC(=O)c1cccc(O)c1O)NC(=O)c1cccc(O)c1O)C(=O)O)c1cccc(O)c1O. The summed E-state index contributed by atoms with van der Waals surface area (Å²) in [5.41, 5.74) is -1.56. The lowest BCUT2D eigenvalue weighted by Crippen LogP contribution is -2.50. The molecule has 0 saturated carbocycles. The van der Waals surface area contributed by atoms with Crippen molar-refractivity contribution in [2.45, 2.75) is 18.1 Å². The van der Waals surface area contributed by atoms with Crippen LogP contribution in [0.2, 0.25) is 0 Å². The van der Waals surface area contributed by atoms with Gasteiger partial charge >= 0.3 is 17.9 Å².